The minimum Gasteiger partial charge on any atom is -0.488 e. The maximum absolute atomic E-state index is 13.6. The van der Waals surface area contributed by atoms with Gasteiger partial charge in [-0.05, 0) is 52.3 Å². The predicted molar refractivity (Wildman–Crippen MR) is 77.3 cm³/mol. The molecule has 0 amide bonds. The number of rotatable bonds is 3. The Morgan fingerprint density at radius 2 is 1.95 bits per heavy atom. The second-order valence-electron chi connectivity index (χ2n) is 3.78. The molecule has 96 valence electrons. The minimum absolute atomic E-state index is 0.0710. The molecule has 2 rings (SSSR count). The van der Waals surface area contributed by atoms with Crippen LogP contribution >= 0.6 is 31.9 Å². The molecule has 0 heterocycles. The molecule has 0 unspecified atom stereocenters. The summed E-state index contributed by atoms with van der Waals surface area (Å²) in [6, 6.07) is 11.6. The van der Waals surface area contributed by atoms with Crippen molar-refractivity contribution in [2.45, 2.75) is 6.61 Å². The maximum Gasteiger partial charge on any atom is 0.134 e. The molecule has 0 aromatic heterocycles. The van der Waals surface area contributed by atoms with Gasteiger partial charge in [0.05, 0.1) is 16.1 Å². The summed E-state index contributed by atoms with van der Waals surface area (Å²) in [4.78, 5) is 0. The Labute approximate surface area is 127 Å². The number of hydrogen-bond acceptors (Lipinski definition) is 2. The highest BCUT2D eigenvalue weighted by Gasteiger charge is 2.07. The quantitative estimate of drug-likeness (QED) is 0.761. The lowest BCUT2D eigenvalue weighted by molar-refractivity contribution is 0.298. The lowest BCUT2D eigenvalue weighted by Crippen LogP contribution is -1.99. The van der Waals surface area contributed by atoms with Gasteiger partial charge in [-0.25, -0.2) is 4.39 Å². The Bertz CT molecular complexity index is 652. The van der Waals surface area contributed by atoms with Crippen molar-refractivity contribution < 1.29 is 9.13 Å². The summed E-state index contributed by atoms with van der Waals surface area (Å²) in [7, 11) is 0. The molecule has 0 aliphatic rings. The van der Waals surface area contributed by atoms with Crippen molar-refractivity contribution in [2.75, 3.05) is 0 Å². The van der Waals surface area contributed by atoms with E-state index < -0.39 is 0 Å². The molecule has 0 N–H and O–H groups in total. The number of benzene rings is 2. The lowest BCUT2D eigenvalue weighted by Gasteiger charge is -2.09. The molecule has 0 atom stereocenters. The molecular formula is C14H8Br2FNO. The highest BCUT2D eigenvalue weighted by atomic mass is 79.9. The van der Waals surface area contributed by atoms with Crippen molar-refractivity contribution in [3.05, 3.63) is 62.3 Å². The molecule has 0 bridgehead atoms. The van der Waals surface area contributed by atoms with Crippen LogP contribution in [0.4, 0.5) is 4.39 Å². The van der Waals surface area contributed by atoms with Gasteiger partial charge in [0.1, 0.15) is 18.2 Å². The molecular weight excluding hydrogens is 377 g/mol. The molecule has 0 fully saturated rings. The van der Waals surface area contributed by atoms with E-state index in [2.05, 4.69) is 31.9 Å². The fourth-order valence-electron chi connectivity index (χ4n) is 1.50. The fourth-order valence-corrected chi connectivity index (χ4v) is 2.66. The maximum atomic E-state index is 13.6. The van der Waals surface area contributed by atoms with Crippen molar-refractivity contribution in [2.24, 2.45) is 0 Å². The summed E-state index contributed by atoms with van der Waals surface area (Å²) in [6.45, 7) is 0.0710. The van der Waals surface area contributed by atoms with Gasteiger partial charge in [-0.15, -0.1) is 0 Å². The molecule has 2 aromatic rings. The summed E-state index contributed by atoms with van der Waals surface area (Å²) in [6.07, 6.45) is 0. The zero-order chi connectivity index (χ0) is 13.8. The van der Waals surface area contributed by atoms with Gasteiger partial charge < -0.3 is 4.74 Å². The van der Waals surface area contributed by atoms with Crippen LogP contribution in [-0.4, -0.2) is 0 Å². The van der Waals surface area contributed by atoms with E-state index in [4.69, 9.17) is 10.00 Å². The third-order valence-corrected chi connectivity index (χ3v) is 3.56. The first-order chi connectivity index (χ1) is 9.10. The highest BCUT2D eigenvalue weighted by molar-refractivity contribution is 9.11. The van der Waals surface area contributed by atoms with E-state index >= 15 is 0 Å². The minimum atomic E-state index is -0.382. The monoisotopic (exact) mass is 383 g/mol. The summed E-state index contributed by atoms with van der Waals surface area (Å²) in [5.41, 5.74) is 0.767. The zero-order valence-electron chi connectivity index (χ0n) is 9.66. The molecule has 0 aliphatic carbocycles. The zero-order valence-corrected chi connectivity index (χ0v) is 12.8. The SMILES string of the molecule is N#Cc1ccc(F)c(COc2ccc(Br)cc2Br)c1. The first kappa shape index (κ1) is 14.0. The number of halogens is 3. The van der Waals surface area contributed by atoms with Crippen LogP contribution in [0, 0.1) is 17.1 Å². The Morgan fingerprint density at radius 1 is 1.16 bits per heavy atom. The number of hydrogen-bond donors (Lipinski definition) is 0. The first-order valence-electron chi connectivity index (χ1n) is 5.36. The van der Waals surface area contributed by atoms with Crippen LogP contribution in [0.3, 0.4) is 0 Å². The summed E-state index contributed by atoms with van der Waals surface area (Å²) in [5, 5.41) is 8.79. The Balaban J connectivity index is 2.16. The Kier molecular flexibility index (Phi) is 4.56. The van der Waals surface area contributed by atoms with Gasteiger partial charge in [0.15, 0.2) is 0 Å². The third-order valence-electron chi connectivity index (χ3n) is 2.45. The van der Waals surface area contributed by atoms with Gasteiger partial charge >= 0.3 is 0 Å². The van der Waals surface area contributed by atoms with E-state index in [1.807, 2.05) is 18.2 Å². The molecule has 0 saturated heterocycles. The molecule has 0 aliphatic heterocycles. The number of nitriles is 1. The molecule has 5 heteroatoms. The van der Waals surface area contributed by atoms with Gasteiger partial charge in [-0.2, -0.15) is 5.26 Å². The number of nitrogens with zero attached hydrogens (tertiary/aromatic N) is 1. The van der Waals surface area contributed by atoms with E-state index in [1.165, 1.54) is 18.2 Å². The van der Waals surface area contributed by atoms with Gasteiger partial charge in [0.25, 0.3) is 0 Å². The fraction of sp³-hybridized carbons (Fsp3) is 0.0714. The van der Waals surface area contributed by atoms with Crippen molar-refractivity contribution in [3.63, 3.8) is 0 Å². The van der Waals surface area contributed by atoms with Crippen molar-refractivity contribution in [1.29, 1.82) is 5.26 Å². The van der Waals surface area contributed by atoms with Crippen LogP contribution < -0.4 is 4.74 Å². The summed E-state index contributed by atoms with van der Waals surface area (Å²) < 4.78 is 20.8. The first-order valence-corrected chi connectivity index (χ1v) is 6.95. The average molecular weight is 385 g/mol. The summed E-state index contributed by atoms with van der Waals surface area (Å²) in [5.74, 6) is 0.234. The smallest absolute Gasteiger partial charge is 0.134 e. The van der Waals surface area contributed by atoms with Crippen LogP contribution in [0.2, 0.25) is 0 Å². The second-order valence-corrected chi connectivity index (χ2v) is 5.55. The van der Waals surface area contributed by atoms with Gasteiger partial charge in [0, 0.05) is 10.0 Å². The van der Waals surface area contributed by atoms with E-state index in [0.29, 0.717) is 16.9 Å². The van der Waals surface area contributed by atoms with Gasteiger partial charge in [0.2, 0.25) is 0 Å². The molecule has 0 spiro atoms. The van der Waals surface area contributed by atoms with Crippen molar-refractivity contribution in [1.82, 2.24) is 0 Å². The molecule has 2 nitrogen and oxygen atoms in total. The van der Waals surface area contributed by atoms with Gasteiger partial charge in [-0.3, -0.25) is 0 Å². The van der Waals surface area contributed by atoms with E-state index in [-0.39, 0.29) is 12.4 Å². The predicted octanol–water partition coefficient (Wildman–Crippen LogP) is 4.80. The average Bonchev–Trinajstić information content (AvgIpc) is 2.39. The summed E-state index contributed by atoms with van der Waals surface area (Å²) >= 11 is 6.71. The molecule has 2 aromatic carbocycles. The van der Waals surface area contributed by atoms with Gasteiger partial charge in [-0.1, -0.05) is 15.9 Å². The topological polar surface area (TPSA) is 33.0 Å². The Morgan fingerprint density at radius 3 is 2.63 bits per heavy atom. The molecule has 0 saturated carbocycles. The van der Waals surface area contributed by atoms with Crippen LogP contribution in [0.5, 0.6) is 5.75 Å². The largest absolute Gasteiger partial charge is 0.488 e. The van der Waals surface area contributed by atoms with Crippen LogP contribution in [-0.2, 0) is 6.61 Å². The third kappa shape index (κ3) is 3.55. The lowest BCUT2D eigenvalue weighted by atomic mass is 10.1. The molecule has 0 radical (unpaired) electrons. The van der Waals surface area contributed by atoms with E-state index in [9.17, 15) is 4.39 Å². The van der Waals surface area contributed by atoms with Crippen molar-refractivity contribution in [3.8, 4) is 11.8 Å². The van der Waals surface area contributed by atoms with Crippen LogP contribution in [0.15, 0.2) is 45.3 Å². The molecule has 19 heavy (non-hydrogen) atoms. The van der Waals surface area contributed by atoms with E-state index in [0.717, 1.165) is 8.95 Å². The van der Waals surface area contributed by atoms with E-state index in [1.54, 1.807) is 6.07 Å². The standard InChI is InChI=1S/C14H8Br2FNO/c15-11-2-4-14(12(16)6-11)19-8-10-5-9(7-18)1-3-13(10)17/h1-6H,8H2. The van der Waals surface area contributed by atoms with Crippen molar-refractivity contribution >= 4 is 31.9 Å². The highest BCUT2D eigenvalue weighted by Crippen LogP contribution is 2.29. The van der Waals surface area contributed by atoms with Crippen LogP contribution in [0.1, 0.15) is 11.1 Å². The number of ether oxygens (including phenoxy) is 1. The Hall–Kier alpha value is -1.38. The van der Waals surface area contributed by atoms with Crippen LogP contribution in [0.25, 0.3) is 0 Å². The normalized spacial score (nSPS) is 10.0. The second kappa shape index (κ2) is 6.18.